The molecule has 0 aliphatic carbocycles. The van der Waals surface area contributed by atoms with Gasteiger partial charge < -0.3 is 20.8 Å². The zero-order chi connectivity index (χ0) is 8.69. The number of rotatable bonds is 6. The maximum atomic E-state index is 9.85. The number of hydrogen-bond donors (Lipinski definition) is 4. The smallest absolute Gasteiger partial charge is 0.208 e. The highest BCUT2D eigenvalue weighted by molar-refractivity contribution is 5.51. The molecule has 0 bridgehead atoms. The van der Waals surface area contributed by atoms with Crippen molar-refractivity contribution in [3.63, 3.8) is 0 Å². The number of carbonyl (C=O) groups is 2. The summed E-state index contributed by atoms with van der Waals surface area (Å²) in [6.45, 7) is -0.535. The second-order valence-electron chi connectivity index (χ2n) is 1.80. The number of amides is 2. The molecule has 2 amide bonds. The number of aliphatic hydroxyl groups is 2. The monoisotopic (exact) mass is 162 g/mol. The normalized spacial score (nSPS) is 12.3. The largest absolute Gasteiger partial charge is 0.394 e. The van der Waals surface area contributed by atoms with E-state index in [4.69, 9.17) is 10.2 Å². The van der Waals surface area contributed by atoms with E-state index in [1.807, 2.05) is 0 Å². The average Bonchev–Trinajstić information content (AvgIpc) is 2.03. The van der Waals surface area contributed by atoms with Crippen LogP contribution in [-0.2, 0) is 9.59 Å². The van der Waals surface area contributed by atoms with E-state index in [9.17, 15) is 9.59 Å². The minimum atomic E-state index is -1.19. The Morgan fingerprint density at radius 3 is 2.00 bits per heavy atom. The molecular formula is C5H10N2O4. The third-order valence-corrected chi connectivity index (χ3v) is 1.07. The lowest BCUT2D eigenvalue weighted by Gasteiger charge is -2.18. The summed E-state index contributed by atoms with van der Waals surface area (Å²) in [5.41, 5.74) is 0. The van der Waals surface area contributed by atoms with Gasteiger partial charge in [0.15, 0.2) is 0 Å². The standard InChI is InChI=1S/C5H10N2O4/c8-1-4(11)5(6-2-9)7-3-10/h2-5,8,11H,1H2,(H,6,9)(H,7,10). The number of nitrogens with one attached hydrogen (secondary N) is 2. The Hall–Kier alpha value is -1.14. The van der Waals surface area contributed by atoms with Crippen molar-refractivity contribution in [1.82, 2.24) is 10.6 Å². The zero-order valence-corrected chi connectivity index (χ0v) is 5.73. The van der Waals surface area contributed by atoms with Gasteiger partial charge in [-0.3, -0.25) is 9.59 Å². The van der Waals surface area contributed by atoms with E-state index in [0.29, 0.717) is 12.8 Å². The Kier molecular flexibility index (Phi) is 5.05. The summed E-state index contributed by atoms with van der Waals surface area (Å²) in [5, 5.41) is 21.5. The minimum absolute atomic E-state index is 0.319. The van der Waals surface area contributed by atoms with E-state index in [0.717, 1.165) is 0 Å². The molecule has 4 N–H and O–H groups in total. The van der Waals surface area contributed by atoms with Gasteiger partial charge in [-0.25, -0.2) is 0 Å². The highest BCUT2D eigenvalue weighted by Gasteiger charge is 2.15. The second kappa shape index (κ2) is 5.63. The van der Waals surface area contributed by atoms with Crippen molar-refractivity contribution < 1.29 is 19.8 Å². The maximum Gasteiger partial charge on any atom is 0.208 e. The lowest BCUT2D eigenvalue weighted by atomic mass is 10.3. The summed E-state index contributed by atoms with van der Waals surface area (Å²) in [4.78, 5) is 19.7. The topological polar surface area (TPSA) is 98.7 Å². The van der Waals surface area contributed by atoms with Gasteiger partial charge in [0.05, 0.1) is 6.61 Å². The van der Waals surface area contributed by atoms with Gasteiger partial charge in [0, 0.05) is 0 Å². The SMILES string of the molecule is O=CNC(NC=O)C(O)CO. The minimum Gasteiger partial charge on any atom is -0.394 e. The molecule has 6 nitrogen and oxygen atoms in total. The molecule has 6 heteroatoms. The van der Waals surface area contributed by atoms with Crippen molar-refractivity contribution in [3.05, 3.63) is 0 Å². The van der Waals surface area contributed by atoms with Gasteiger partial charge in [-0.2, -0.15) is 0 Å². The Balaban J connectivity index is 3.84. The summed E-state index contributed by atoms with van der Waals surface area (Å²) in [5.74, 6) is 0. The Morgan fingerprint density at radius 2 is 1.73 bits per heavy atom. The van der Waals surface area contributed by atoms with Crippen molar-refractivity contribution in [2.75, 3.05) is 6.61 Å². The van der Waals surface area contributed by atoms with Gasteiger partial charge in [-0.05, 0) is 0 Å². The van der Waals surface area contributed by atoms with E-state index in [1.54, 1.807) is 0 Å². The molecule has 0 aliphatic heterocycles. The van der Waals surface area contributed by atoms with Crippen LogP contribution in [0.2, 0.25) is 0 Å². The van der Waals surface area contributed by atoms with E-state index < -0.39 is 18.9 Å². The van der Waals surface area contributed by atoms with Gasteiger partial charge in [-0.1, -0.05) is 0 Å². The first-order valence-corrected chi connectivity index (χ1v) is 2.94. The highest BCUT2D eigenvalue weighted by atomic mass is 16.3. The van der Waals surface area contributed by atoms with Crippen molar-refractivity contribution in [2.24, 2.45) is 0 Å². The predicted molar refractivity (Wildman–Crippen MR) is 35.3 cm³/mol. The van der Waals surface area contributed by atoms with Crippen LogP contribution in [0.4, 0.5) is 0 Å². The molecule has 0 aliphatic rings. The van der Waals surface area contributed by atoms with Crippen molar-refractivity contribution >= 4 is 12.8 Å². The fourth-order valence-electron chi connectivity index (χ4n) is 0.522. The van der Waals surface area contributed by atoms with Crippen LogP contribution in [0.5, 0.6) is 0 Å². The van der Waals surface area contributed by atoms with Gasteiger partial charge in [0.25, 0.3) is 0 Å². The summed E-state index contributed by atoms with van der Waals surface area (Å²) < 4.78 is 0. The van der Waals surface area contributed by atoms with Gasteiger partial charge in [-0.15, -0.1) is 0 Å². The molecule has 0 aromatic carbocycles. The molecule has 0 radical (unpaired) electrons. The molecule has 64 valence electrons. The van der Waals surface area contributed by atoms with Crippen LogP contribution in [0.25, 0.3) is 0 Å². The van der Waals surface area contributed by atoms with Gasteiger partial charge in [0.2, 0.25) is 12.8 Å². The number of carbonyl (C=O) groups excluding carboxylic acids is 2. The molecule has 0 rings (SSSR count). The molecule has 0 saturated carbocycles. The first-order chi connectivity index (χ1) is 5.26. The van der Waals surface area contributed by atoms with Crippen LogP contribution in [0, 0.1) is 0 Å². The first kappa shape index (κ1) is 9.86. The molecule has 0 saturated heterocycles. The van der Waals surface area contributed by atoms with Crippen molar-refractivity contribution in [1.29, 1.82) is 0 Å². The first-order valence-electron chi connectivity index (χ1n) is 2.94. The predicted octanol–water partition coefficient (Wildman–Crippen LogP) is -2.84. The molecule has 0 aromatic rings. The second-order valence-corrected chi connectivity index (χ2v) is 1.80. The lowest BCUT2D eigenvalue weighted by molar-refractivity contribution is -0.114. The zero-order valence-electron chi connectivity index (χ0n) is 5.73. The molecule has 0 aromatic heterocycles. The Morgan fingerprint density at radius 1 is 1.27 bits per heavy atom. The summed E-state index contributed by atoms with van der Waals surface area (Å²) in [7, 11) is 0. The molecule has 0 spiro atoms. The summed E-state index contributed by atoms with van der Waals surface area (Å²) in [6.07, 6.45) is -1.49. The van der Waals surface area contributed by atoms with E-state index in [2.05, 4.69) is 10.6 Å². The van der Waals surface area contributed by atoms with Gasteiger partial charge in [0.1, 0.15) is 12.3 Å². The third-order valence-electron chi connectivity index (χ3n) is 1.07. The summed E-state index contributed by atoms with van der Waals surface area (Å²) >= 11 is 0. The lowest BCUT2D eigenvalue weighted by Crippen LogP contribution is -2.51. The molecule has 11 heavy (non-hydrogen) atoms. The Bertz CT molecular complexity index is 120. The van der Waals surface area contributed by atoms with E-state index >= 15 is 0 Å². The van der Waals surface area contributed by atoms with Crippen LogP contribution in [0.1, 0.15) is 0 Å². The number of hydrogen-bond acceptors (Lipinski definition) is 4. The van der Waals surface area contributed by atoms with Crippen molar-refractivity contribution in [3.8, 4) is 0 Å². The van der Waals surface area contributed by atoms with Crippen LogP contribution in [-0.4, -0.2) is 41.9 Å². The fourth-order valence-corrected chi connectivity index (χ4v) is 0.522. The van der Waals surface area contributed by atoms with Crippen LogP contribution in [0.3, 0.4) is 0 Å². The van der Waals surface area contributed by atoms with Gasteiger partial charge >= 0.3 is 0 Å². The quantitative estimate of drug-likeness (QED) is 0.250. The summed E-state index contributed by atoms with van der Waals surface area (Å²) in [6, 6.07) is 0. The molecule has 1 unspecified atom stereocenters. The van der Waals surface area contributed by atoms with E-state index in [1.165, 1.54) is 0 Å². The Labute approximate surface area is 63.2 Å². The number of aliphatic hydroxyl groups excluding tert-OH is 2. The molecule has 0 heterocycles. The third kappa shape index (κ3) is 3.54. The van der Waals surface area contributed by atoms with Crippen LogP contribution >= 0.6 is 0 Å². The maximum absolute atomic E-state index is 9.85. The molecule has 1 atom stereocenters. The molecular weight excluding hydrogens is 152 g/mol. The fraction of sp³-hybridized carbons (Fsp3) is 0.600. The molecule has 0 fully saturated rings. The van der Waals surface area contributed by atoms with Crippen molar-refractivity contribution in [2.45, 2.75) is 12.3 Å². The average molecular weight is 162 g/mol. The van der Waals surface area contributed by atoms with Crippen LogP contribution < -0.4 is 10.6 Å². The van der Waals surface area contributed by atoms with Crippen LogP contribution in [0.15, 0.2) is 0 Å². The highest BCUT2D eigenvalue weighted by Crippen LogP contribution is 1.85. The van der Waals surface area contributed by atoms with E-state index in [-0.39, 0.29) is 0 Å².